The summed E-state index contributed by atoms with van der Waals surface area (Å²) in [4.78, 5) is 0. The topological polar surface area (TPSA) is 23.9 Å². The molecule has 0 fully saturated rings. The van der Waals surface area contributed by atoms with E-state index >= 15 is 0 Å². The van der Waals surface area contributed by atoms with Gasteiger partial charge >= 0.3 is 0 Å². The van der Waals surface area contributed by atoms with E-state index in [1.165, 1.54) is 6.07 Å². The molecule has 2 aromatic rings. The Hall–Kier alpha value is -1.96. The van der Waals surface area contributed by atoms with Gasteiger partial charge in [-0.3, -0.25) is 5.41 Å². The van der Waals surface area contributed by atoms with Crippen molar-refractivity contribution in [1.82, 2.24) is 0 Å². The van der Waals surface area contributed by atoms with Gasteiger partial charge in [-0.25, -0.2) is 4.39 Å². The van der Waals surface area contributed by atoms with Crippen LogP contribution in [0.4, 0.5) is 4.39 Å². The van der Waals surface area contributed by atoms with Crippen LogP contribution >= 0.6 is 0 Å². The zero-order valence-corrected chi connectivity index (χ0v) is 10.8. The first-order valence-corrected chi connectivity index (χ1v) is 5.92. The fourth-order valence-electron chi connectivity index (χ4n) is 2.37. The van der Waals surface area contributed by atoms with Crippen LogP contribution < -0.4 is 0 Å². The summed E-state index contributed by atoms with van der Waals surface area (Å²) in [6, 6.07) is 10.5. The zero-order valence-electron chi connectivity index (χ0n) is 10.8. The number of aryl methyl sites for hydroxylation is 3. The lowest BCUT2D eigenvalue weighted by molar-refractivity contribution is 0.625. The molecule has 0 saturated carbocycles. The first-order valence-electron chi connectivity index (χ1n) is 5.92. The highest BCUT2D eigenvalue weighted by Crippen LogP contribution is 2.21. The molecule has 0 aliphatic heterocycles. The molecule has 0 aromatic heterocycles. The summed E-state index contributed by atoms with van der Waals surface area (Å²) < 4.78 is 13.7. The molecule has 1 nitrogen and oxygen atoms in total. The second-order valence-corrected chi connectivity index (χ2v) is 4.63. The van der Waals surface area contributed by atoms with Gasteiger partial charge in [0.1, 0.15) is 5.82 Å². The Morgan fingerprint density at radius 2 is 1.56 bits per heavy atom. The van der Waals surface area contributed by atoms with Crippen molar-refractivity contribution in [2.45, 2.75) is 20.8 Å². The smallest absolute Gasteiger partial charge is 0.132 e. The summed E-state index contributed by atoms with van der Waals surface area (Å²) in [5.41, 5.74) is 4.62. The molecule has 0 bridgehead atoms. The molecule has 2 rings (SSSR count). The first kappa shape index (κ1) is 12.5. The van der Waals surface area contributed by atoms with Crippen LogP contribution in [0.3, 0.4) is 0 Å². The van der Waals surface area contributed by atoms with E-state index in [-0.39, 0.29) is 11.5 Å². The fourth-order valence-corrected chi connectivity index (χ4v) is 2.37. The summed E-state index contributed by atoms with van der Waals surface area (Å²) in [5, 5.41) is 8.22. The molecule has 0 aliphatic carbocycles. The van der Waals surface area contributed by atoms with E-state index < -0.39 is 0 Å². The van der Waals surface area contributed by atoms with Gasteiger partial charge in [0.25, 0.3) is 0 Å². The molecule has 2 heteroatoms. The molecule has 0 heterocycles. The van der Waals surface area contributed by atoms with E-state index in [1.807, 2.05) is 32.9 Å². The molecule has 0 unspecified atom stereocenters. The van der Waals surface area contributed by atoms with Gasteiger partial charge in [-0.15, -0.1) is 0 Å². The predicted octanol–water partition coefficient (Wildman–Crippen LogP) is 4.17. The van der Waals surface area contributed by atoms with Crippen molar-refractivity contribution in [3.05, 3.63) is 70.0 Å². The average Bonchev–Trinajstić information content (AvgIpc) is 2.27. The SMILES string of the molecule is Cc1cc(C)c(C(=N)c2ccccc2F)c(C)c1. The number of hydrogen-bond donors (Lipinski definition) is 1. The Balaban J connectivity index is 2.57. The van der Waals surface area contributed by atoms with Crippen molar-refractivity contribution in [3.8, 4) is 0 Å². The van der Waals surface area contributed by atoms with E-state index in [0.29, 0.717) is 5.56 Å². The standard InChI is InChI=1S/C16H16FN/c1-10-8-11(2)15(12(3)9-10)16(18)13-6-4-5-7-14(13)17/h4-9,18H,1-3H3. The second kappa shape index (κ2) is 4.73. The van der Waals surface area contributed by atoms with Gasteiger partial charge in [0.05, 0.1) is 5.71 Å². The number of benzene rings is 2. The van der Waals surface area contributed by atoms with Gasteiger partial charge in [-0.2, -0.15) is 0 Å². The molecule has 0 saturated heterocycles. The molecule has 2 aromatic carbocycles. The monoisotopic (exact) mass is 241 g/mol. The molecular formula is C16H16FN. The van der Waals surface area contributed by atoms with Crippen LogP contribution in [0.1, 0.15) is 27.8 Å². The molecule has 0 radical (unpaired) electrons. The van der Waals surface area contributed by atoms with Gasteiger partial charge in [0, 0.05) is 11.1 Å². The Labute approximate surface area is 107 Å². The van der Waals surface area contributed by atoms with Crippen molar-refractivity contribution in [2.75, 3.05) is 0 Å². The third kappa shape index (κ3) is 2.19. The summed E-state index contributed by atoms with van der Waals surface area (Å²) in [6.07, 6.45) is 0. The van der Waals surface area contributed by atoms with E-state index in [2.05, 4.69) is 0 Å². The number of hydrogen-bond acceptors (Lipinski definition) is 1. The van der Waals surface area contributed by atoms with E-state index in [9.17, 15) is 4.39 Å². The van der Waals surface area contributed by atoms with Crippen LogP contribution in [-0.4, -0.2) is 5.71 Å². The maximum atomic E-state index is 13.7. The third-order valence-corrected chi connectivity index (χ3v) is 3.07. The van der Waals surface area contributed by atoms with Crippen LogP contribution in [0.2, 0.25) is 0 Å². The lowest BCUT2D eigenvalue weighted by Gasteiger charge is -2.13. The van der Waals surface area contributed by atoms with Gasteiger partial charge < -0.3 is 0 Å². The maximum Gasteiger partial charge on any atom is 0.132 e. The fraction of sp³-hybridized carbons (Fsp3) is 0.188. The lowest BCUT2D eigenvalue weighted by atomic mass is 9.92. The molecule has 0 amide bonds. The van der Waals surface area contributed by atoms with Crippen molar-refractivity contribution in [1.29, 1.82) is 5.41 Å². The van der Waals surface area contributed by atoms with Crippen molar-refractivity contribution < 1.29 is 4.39 Å². The Morgan fingerprint density at radius 1 is 1.00 bits per heavy atom. The zero-order chi connectivity index (χ0) is 13.3. The Bertz CT molecular complexity index is 591. The highest BCUT2D eigenvalue weighted by molar-refractivity contribution is 6.12. The van der Waals surface area contributed by atoms with Gasteiger partial charge in [-0.1, -0.05) is 29.8 Å². The van der Waals surface area contributed by atoms with Crippen LogP contribution in [0, 0.1) is 32.0 Å². The highest BCUT2D eigenvalue weighted by Gasteiger charge is 2.14. The predicted molar refractivity (Wildman–Crippen MR) is 73.0 cm³/mol. The van der Waals surface area contributed by atoms with Gasteiger partial charge in [0.15, 0.2) is 0 Å². The molecule has 0 aliphatic rings. The van der Waals surface area contributed by atoms with E-state index in [0.717, 1.165) is 22.3 Å². The van der Waals surface area contributed by atoms with Crippen LogP contribution in [0.25, 0.3) is 0 Å². The minimum absolute atomic E-state index is 0.253. The maximum absolute atomic E-state index is 13.7. The summed E-state index contributed by atoms with van der Waals surface area (Å²) in [6.45, 7) is 5.95. The quantitative estimate of drug-likeness (QED) is 0.763. The molecule has 1 N–H and O–H groups in total. The highest BCUT2D eigenvalue weighted by atomic mass is 19.1. The van der Waals surface area contributed by atoms with Crippen LogP contribution in [-0.2, 0) is 0 Å². The van der Waals surface area contributed by atoms with Crippen molar-refractivity contribution >= 4 is 5.71 Å². The average molecular weight is 241 g/mol. The third-order valence-electron chi connectivity index (χ3n) is 3.07. The summed E-state index contributed by atoms with van der Waals surface area (Å²) in [5.74, 6) is -0.345. The van der Waals surface area contributed by atoms with Crippen LogP contribution in [0.5, 0.6) is 0 Å². The Kier molecular flexibility index (Phi) is 3.28. The molecule has 18 heavy (non-hydrogen) atoms. The Morgan fingerprint density at radius 3 is 2.11 bits per heavy atom. The molecule has 0 spiro atoms. The van der Waals surface area contributed by atoms with Gasteiger partial charge in [0.2, 0.25) is 0 Å². The summed E-state index contributed by atoms with van der Waals surface area (Å²) in [7, 11) is 0. The van der Waals surface area contributed by atoms with E-state index in [1.54, 1.807) is 18.2 Å². The van der Waals surface area contributed by atoms with E-state index in [4.69, 9.17) is 5.41 Å². The number of nitrogens with one attached hydrogen (secondary N) is 1. The number of halogens is 1. The van der Waals surface area contributed by atoms with Crippen molar-refractivity contribution in [2.24, 2.45) is 0 Å². The molecule has 92 valence electrons. The molecule has 0 atom stereocenters. The number of rotatable bonds is 2. The largest absolute Gasteiger partial charge is 0.300 e. The second-order valence-electron chi connectivity index (χ2n) is 4.63. The van der Waals surface area contributed by atoms with Crippen molar-refractivity contribution in [3.63, 3.8) is 0 Å². The normalized spacial score (nSPS) is 10.4. The lowest BCUT2D eigenvalue weighted by Crippen LogP contribution is -2.08. The first-order chi connectivity index (χ1) is 8.50. The summed E-state index contributed by atoms with van der Waals surface area (Å²) >= 11 is 0. The minimum Gasteiger partial charge on any atom is -0.300 e. The molecular weight excluding hydrogens is 225 g/mol. The van der Waals surface area contributed by atoms with Crippen LogP contribution in [0.15, 0.2) is 36.4 Å². The van der Waals surface area contributed by atoms with Gasteiger partial charge in [-0.05, 0) is 44.0 Å². The minimum atomic E-state index is -0.345.